The van der Waals surface area contributed by atoms with Gasteiger partial charge in [0, 0.05) is 15.1 Å². The number of benzene rings is 1. The second-order valence-electron chi connectivity index (χ2n) is 2.80. The fourth-order valence-electron chi connectivity index (χ4n) is 0.914. The van der Waals surface area contributed by atoms with Crippen molar-refractivity contribution in [2.75, 3.05) is 0 Å². The lowest BCUT2D eigenvalue weighted by Gasteiger charge is -1.99. The first-order chi connectivity index (χ1) is 6.50. The number of carbonyl (C=O) groups is 1. The van der Waals surface area contributed by atoms with Gasteiger partial charge in [-0.3, -0.25) is 0 Å². The molecule has 0 heterocycles. The lowest BCUT2D eigenvalue weighted by Crippen LogP contribution is -1.95. The van der Waals surface area contributed by atoms with Crippen molar-refractivity contribution in [1.82, 2.24) is 0 Å². The Hall–Kier alpha value is -0.800. The van der Waals surface area contributed by atoms with Crippen LogP contribution in [-0.2, 0) is 4.79 Å². The first-order valence-corrected chi connectivity index (χ1v) is 5.04. The Morgan fingerprint density at radius 2 is 2.21 bits per heavy atom. The van der Waals surface area contributed by atoms with E-state index in [4.69, 9.17) is 16.7 Å². The molecule has 1 aromatic rings. The summed E-state index contributed by atoms with van der Waals surface area (Å²) in [4.78, 5) is 10.6. The van der Waals surface area contributed by atoms with Crippen LogP contribution in [0.2, 0.25) is 5.02 Å². The molecule has 0 spiro atoms. The normalized spacial score (nSPS) is 11.5. The minimum Gasteiger partial charge on any atom is -0.478 e. The Kier molecular flexibility index (Phi) is 3.72. The lowest BCUT2D eigenvalue weighted by molar-refractivity contribution is -0.132. The molecular formula is C10H8BrClO2. The number of hydrogen-bond acceptors (Lipinski definition) is 1. The number of hydrogen-bond donors (Lipinski definition) is 1. The van der Waals surface area contributed by atoms with Crippen LogP contribution in [0.1, 0.15) is 12.5 Å². The Bertz CT molecular complexity index is 399. The van der Waals surface area contributed by atoms with Crippen molar-refractivity contribution in [2.45, 2.75) is 6.92 Å². The van der Waals surface area contributed by atoms with Crippen LogP contribution in [0.4, 0.5) is 0 Å². The molecule has 0 saturated carbocycles. The fraction of sp³-hybridized carbons (Fsp3) is 0.100. The Morgan fingerprint density at radius 3 is 2.71 bits per heavy atom. The largest absolute Gasteiger partial charge is 0.478 e. The van der Waals surface area contributed by atoms with Gasteiger partial charge in [0.15, 0.2) is 0 Å². The minimum atomic E-state index is -0.941. The number of carboxylic acid groups (broad SMARTS) is 1. The van der Waals surface area contributed by atoms with Crippen LogP contribution in [0, 0.1) is 0 Å². The van der Waals surface area contributed by atoms with Crippen molar-refractivity contribution in [3.8, 4) is 0 Å². The third kappa shape index (κ3) is 2.86. The molecule has 14 heavy (non-hydrogen) atoms. The van der Waals surface area contributed by atoms with Gasteiger partial charge in [-0.15, -0.1) is 0 Å². The van der Waals surface area contributed by atoms with E-state index < -0.39 is 5.97 Å². The topological polar surface area (TPSA) is 37.3 Å². The minimum absolute atomic E-state index is 0.259. The molecule has 0 aliphatic rings. The average molecular weight is 276 g/mol. The summed E-state index contributed by atoms with van der Waals surface area (Å²) in [5.74, 6) is -0.941. The van der Waals surface area contributed by atoms with E-state index in [1.165, 1.54) is 13.0 Å². The first kappa shape index (κ1) is 11.3. The molecule has 0 aliphatic carbocycles. The van der Waals surface area contributed by atoms with Gasteiger partial charge >= 0.3 is 5.97 Å². The average Bonchev–Trinajstić information content (AvgIpc) is 2.09. The van der Waals surface area contributed by atoms with E-state index in [0.29, 0.717) is 10.6 Å². The van der Waals surface area contributed by atoms with E-state index >= 15 is 0 Å². The molecule has 0 saturated heterocycles. The molecule has 4 heteroatoms. The van der Waals surface area contributed by atoms with Crippen molar-refractivity contribution in [3.05, 3.63) is 38.8 Å². The third-order valence-corrected chi connectivity index (χ3v) is 2.49. The van der Waals surface area contributed by atoms with Crippen molar-refractivity contribution >= 4 is 39.6 Å². The molecule has 0 radical (unpaired) electrons. The summed E-state index contributed by atoms with van der Waals surface area (Å²) in [5, 5.41) is 9.20. The smallest absolute Gasteiger partial charge is 0.331 e. The number of aliphatic carboxylic acids is 1. The van der Waals surface area contributed by atoms with Gasteiger partial charge in [-0.05, 0) is 30.7 Å². The maximum Gasteiger partial charge on any atom is 0.331 e. The lowest BCUT2D eigenvalue weighted by atomic mass is 10.1. The maximum absolute atomic E-state index is 10.6. The predicted octanol–water partition coefficient (Wildman–Crippen LogP) is 3.59. The molecule has 0 bridgehead atoms. The van der Waals surface area contributed by atoms with Crippen LogP contribution in [-0.4, -0.2) is 11.1 Å². The molecule has 0 unspecified atom stereocenters. The molecule has 1 rings (SSSR count). The summed E-state index contributed by atoms with van der Waals surface area (Å²) in [7, 11) is 0. The molecule has 0 atom stereocenters. The van der Waals surface area contributed by atoms with Gasteiger partial charge in [-0.1, -0.05) is 33.6 Å². The molecule has 2 nitrogen and oxygen atoms in total. The zero-order valence-electron chi connectivity index (χ0n) is 7.42. The van der Waals surface area contributed by atoms with Gasteiger partial charge < -0.3 is 5.11 Å². The highest BCUT2D eigenvalue weighted by Crippen LogP contribution is 2.23. The number of rotatable bonds is 2. The Balaban J connectivity index is 3.09. The van der Waals surface area contributed by atoms with Crippen molar-refractivity contribution in [1.29, 1.82) is 0 Å². The SMILES string of the molecule is C/C(=C\c1ccc(Br)cc1Cl)C(=O)O. The second-order valence-corrected chi connectivity index (χ2v) is 4.12. The maximum atomic E-state index is 10.6. The Morgan fingerprint density at radius 1 is 1.57 bits per heavy atom. The van der Waals surface area contributed by atoms with Gasteiger partial charge in [0.1, 0.15) is 0 Å². The van der Waals surface area contributed by atoms with Crippen molar-refractivity contribution < 1.29 is 9.90 Å². The fourth-order valence-corrected chi connectivity index (χ4v) is 1.64. The standard InChI is InChI=1S/C10H8BrClO2/c1-6(10(13)14)4-7-2-3-8(11)5-9(7)12/h2-5H,1H3,(H,13,14)/b6-4+. The van der Waals surface area contributed by atoms with Crippen molar-refractivity contribution in [3.63, 3.8) is 0 Å². The van der Waals surface area contributed by atoms with E-state index in [-0.39, 0.29) is 5.57 Å². The van der Waals surface area contributed by atoms with Gasteiger partial charge in [0.05, 0.1) is 0 Å². The van der Waals surface area contributed by atoms with Gasteiger partial charge in [0.25, 0.3) is 0 Å². The summed E-state index contributed by atoms with van der Waals surface area (Å²) in [5.41, 5.74) is 0.962. The van der Waals surface area contributed by atoms with E-state index in [2.05, 4.69) is 15.9 Å². The quantitative estimate of drug-likeness (QED) is 0.838. The highest BCUT2D eigenvalue weighted by atomic mass is 79.9. The molecule has 1 aromatic carbocycles. The summed E-state index contributed by atoms with van der Waals surface area (Å²) < 4.78 is 0.868. The third-order valence-electron chi connectivity index (χ3n) is 1.67. The second kappa shape index (κ2) is 4.62. The molecule has 0 amide bonds. The zero-order valence-corrected chi connectivity index (χ0v) is 9.76. The van der Waals surface area contributed by atoms with Crippen LogP contribution in [0.15, 0.2) is 28.2 Å². The van der Waals surface area contributed by atoms with Gasteiger partial charge in [0.2, 0.25) is 0 Å². The van der Waals surface area contributed by atoms with Crippen LogP contribution >= 0.6 is 27.5 Å². The number of halogens is 2. The monoisotopic (exact) mass is 274 g/mol. The summed E-state index contributed by atoms with van der Waals surface area (Å²) in [6.45, 7) is 1.53. The van der Waals surface area contributed by atoms with Crippen LogP contribution in [0.25, 0.3) is 6.08 Å². The van der Waals surface area contributed by atoms with E-state index in [0.717, 1.165) is 4.47 Å². The molecule has 74 valence electrons. The van der Waals surface area contributed by atoms with Crippen LogP contribution in [0.3, 0.4) is 0 Å². The molecule has 1 N–H and O–H groups in total. The molecule has 0 aromatic heterocycles. The van der Waals surface area contributed by atoms with E-state index in [1.54, 1.807) is 12.1 Å². The highest BCUT2D eigenvalue weighted by molar-refractivity contribution is 9.10. The van der Waals surface area contributed by atoms with E-state index in [9.17, 15) is 4.79 Å². The van der Waals surface area contributed by atoms with Crippen molar-refractivity contribution in [2.24, 2.45) is 0 Å². The Labute approximate surface area is 95.3 Å². The van der Waals surface area contributed by atoms with E-state index in [1.807, 2.05) is 6.07 Å². The summed E-state index contributed by atoms with van der Waals surface area (Å²) in [6.07, 6.45) is 1.54. The van der Waals surface area contributed by atoms with Gasteiger partial charge in [-0.25, -0.2) is 4.79 Å². The van der Waals surface area contributed by atoms with Gasteiger partial charge in [-0.2, -0.15) is 0 Å². The predicted molar refractivity (Wildman–Crippen MR) is 60.4 cm³/mol. The highest BCUT2D eigenvalue weighted by Gasteiger charge is 2.02. The summed E-state index contributed by atoms with van der Waals surface area (Å²) >= 11 is 9.18. The van der Waals surface area contributed by atoms with Crippen LogP contribution < -0.4 is 0 Å². The molecule has 0 aliphatic heterocycles. The first-order valence-electron chi connectivity index (χ1n) is 3.87. The van der Waals surface area contributed by atoms with Crippen LogP contribution in [0.5, 0.6) is 0 Å². The summed E-state index contributed by atoms with van der Waals surface area (Å²) in [6, 6.07) is 5.30. The molecule has 0 fully saturated rings. The zero-order chi connectivity index (χ0) is 10.7. The number of carboxylic acids is 1. The molecular weight excluding hydrogens is 267 g/mol.